The van der Waals surface area contributed by atoms with Gasteiger partial charge in [0.15, 0.2) is 23.3 Å². The van der Waals surface area contributed by atoms with Crippen molar-refractivity contribution in [3.63, 3.8) is 0 Å². The van der Waals surface area contributed by atoms with E-state index in [1.807, 2.05) is 0 Å². The second-order valence-electron chi connectivity index (χ2n) is 2.81. The van der Waals surface area contributed by atoms with Crippen molar-refractivity contribution in [1.29, 1.82) is 0 Å². The Morgan fingerprint density at radius 1 is 1.07 bits per heavy atom. The van der Waals surface area contributed by atoms with E-state index < -0.39 is 23.3 Å². The van der Waals surface area contributed by atoms with Crippen LogP contribution in [0.4, 0.5) is 17.6 Å². The maximum atomic E-state index is 13.0. The third kappa shape index (κ3) is 2.04. The second-order valence-corrected chi connectivity index (χ2v) is 2.81. The van der Waals surface area contributed by atoms with Crippen LogP contribution in [0.25, 0.3) is 0 Å². The van der Waals surface area contributed by atoms with E-state index >= 15 is 0 Å². The molecule has 14 heavy (non-hydrogen) atoms. The number of likely N-dealkylation sites (N-methyl/N-ethyl adjacent to an activating group) is 1. The van der Waals surface area contributed by atoms with Gasteiger partial charge in [-0.05, 0) is 31.6 Å². The lowest BCUT2D eigenvalue weighted by Crippen LogP contribution is -2.12. The maximum Gasteiger partial charge on any atom is 0.197 e. The summed E-state index contributed by atoms with van der Waals surface area (Å²) in [5.41, 5.74) is -0.171. The Morgan fingerprint density at radius 2 is 1.71 bits per heavy atom. The van der Waals surface area contributed by atoms with E-state index in [4.69, 9.17) is 0 Å². The van der Waals surface area contributed by atoms with Crippen LogP contribution >= 0.6 is 0 Å². The molecule has 0 bridgehead atoms. The van der Waals surface area contributed by atoms with Gasteiger partial charge in [-0.2, -0.15) is 0 Å². The predicted octanol–water partition coefficient (Wildman–Crippen LogP) is 2.00. The quantitative estimate of drug-likeness (QED) is 0.454. The van der Waals surface area contributed by atoms with E-state index in [-0.39, 0.29) is 12.0 Å². The molecule has 1 nitrogen and oxygen atoms in total. The van der Waals surface area contributed by atoms with Gasteiger partial charge in [0.25, 0.3) is 0 Å². The summed E-state index contributed by atoms with van der Waals surface area (Å²) in [6, 6.07) is 0.672. The normalized spacial score (nSPS) is 10.6. The maximum absolute atomic E-state index is 13.0. The van der Waals surface area contributed by atoms with Gasteiger partial charge in [0.2, 0.25) is 0 Å². The zero-order chi connectivity index (χ0) is 10.7. The lowest BCUT2D eigenvalue weighted by Gasteiger charge is -2.05. The van der Waals surface area contributed by atoms with Crippen LogP contribution in [0.3, 0.4) is 0 Å². The van der Waals surface area contributed by atoms with Crippen LogP contribution in [0.2, 0.25) is 0 Å². The van der Waals surface area contributed by atoms with E-state index in [9.17, 15) is 17.6 Å². The Hall–Kier alpha value is -1.10. The molecule has 0 aliphatic heterocycles. The number of benzene rings is 1. The zero-order valence-corrected chi connectivity index (χ0v) is 7.50. The first kappa shape index (κ1) is 11.0. The summed E-state index contributed by atoms with van der Waals surface area (Å²) in [5.74, 6) is -6.21. The van der Waals surface area contributed by atoms with Gasteiger partial charge in [0.1, 0.15) is 0 Å². The van der Waals surface area contributed by atoms with E-state index in [0.29, 0.717) is 12.6 Å². The van der Waals surface area contributed by atoms with Crippen LogP contribution in [0.1, 0.15) is 5.56 Å². The number of rotatable bonds is 3. The van der Waals surface area contributed by atoms with Gasteiger partial charge in [-0.15, -0.1) is 0 Å². The molecule has 0 fully saturated rings. The molecule has 0 atom stereocenters. The third-order valence-corrected chi connectivity index (χ3v) is 1.82. The van der Waals surface area contributed by atoms with Gasteiger partial charge in [-0.1, -0.05) is 0 Å². The zero-order valence-electron chi connectivity index (χ0n) is 7.50. The van der Waals surface area contributed by atoms with E-state index in [1.165, 1.54) is 0 Å². The Kier molecular flexibility index (Phi) is 3.46. The Morgan fingerprint density at radius 3 is 2.29 bits per heavy atom. The van der Waals surface area contributed by atoms with E-state index in [2.05, 4.69) is 5.32 Å². The fourth-order valence-electron chi connectivity index (χ4n) is 1.06. The van der Waals surface area contributed by atoms with E-state index in [1.54, 1.807) is 7.05 Å². The summed E-state index contributed by atoms with van der Waals surface area (Å²) in [7, 11) is 1.62. The highest BCUT2D eigenvalue weighted by atomic mass is 19.2. The summed E-state index contributed by atoms with van der Waals surface area (Å²) in [6.45, 7) is 0.363. The molecule has 0 aliphatic rings. The fraction of sp³-hybridized carbons (Fsp3) is 0.333. The van der Waals surface area contributed by atoms with Crippen molar-refractivity contribution in [1.82, 2.24) is 5.32 Å². The van der Waals surface area contributed by atoms with Crippen LogP contribution in [-0.2, 0) is 6.42 Å². The second kappa shape index (κ2) is 4.41. The molecule has 1 N–H and O–H groups in total. The van der Waals surface area contributed by atoms with Gasteiger partial charge >= 0.3 is 0 Å². The summed E-state index contributed by atoms with van der Waals surface area (Å²) in [6.07, 6.45) is 0.108. The molecular weight excluding hydrogens is 198 g/mol. The molecule has 1 rings (SSSR count). The van der Waals surface area contributed by atoms with Gasteiger partial charge in [-0.25, -0.2) is 17.6 Å². The molecule has 5 heteroatoms. The van der Waals surface area contributed by atoms with Gasteiger partial charge in [0, 0.05) is 0 Å². The van der Waals surface area contributed by atoms with Crippen molar-refractivity contribution in [3.8, 4) is 0 Å². The smallest absolute Gasteiger partial charge is 0.197 e. The Balaban J connectivity index is 3.06. The summed E-state index contributed by atoms with van der Waals surface area (Å²) >= 11 is 0. The number of nitrogens with one attached hydrogen (secondary N) is 1. The molecule has 0 saturated carbocycles. The molecule has 0 saturated heterocycles. The number of hydrogen-bond donors (Lipinski definition) is 1. The van der Waals surface area contributed by atoms with Crippen LogP contribution in [-0.4, -0.2) is 13.6 Å². The molecule has 0 radical (unpaired) electrons. The lowest BCUT2D eigenvalue weighted by molar-refractivity contribution is 0.403. The fourth-order valence-corrected chi connectivity index (χ4v) is 1.06. The standard InChI is InChI=1S/C9H9F4N/c1-14-3-2-5-4-6(10)8(12)9(13)7(5)11/h4,14H,2-3H2,1H3. The monoisotopic (exact) mass is 207 g/mol. The Labute approximate surface area is 78.7 Å². The molecular formula is C9H9F4N. The molecule has 1 aromatic carbocycles. The number of halogens is 4. The van der Waals surface area contributed by atoms with Crippen molar-refractivity contribution < 1.29 is 17.6 Å². The SMILES string of the molecule is CNCCc1cc(F)c(F)c(F)c1F. The molecule has 0 aromatic heterocycles. The minimum absolute atomic E-state index is 0.108. The van der Waals surface area contributed by atoms with Crippen LogP contribution in [0.5, 0.6) is 0 Å². The van der Waals surface area contributed by atoms with Crippen molar-refractivity contribution in [2.45, 2.75) is 6.42 Å². The summed E-state index contributed by atoms with van der Waals surface area (Å²) in [5, 5.41) is 2.69. The van der Waals surface area contributed by atoms with Crippen molar-refractivity contribution in [2.24, 2.45) is 0 Å². The minimum Gasteiger partial charge on any atom is -0.319 e. The largest absolute Gasteiger partial charge is 0.319 e. The van der Waals surface area contributed by atoms with Crippen LogP contribution < -0.4 is 5.32 Å². The first-order chi connectivity index (χ1) is 6.57. The molecule has 0 spiro atoms. The van der Waals surface area contributed by atoms with Crippen molar-refractivity contribution >= 4 is 0 Å². The van der Waals surface area contributed by atoms with E-state index in [0.717, 1.165) is 0 Å². The van der Waals surface area contributed by atoms with Crippen LogP contribution in [0.15, 0.2) is 6.07 Å². The van der Waals surface area contributed by atoms with Gasteiger partial charge < -0.3 is 5.32 Å². The minimum atomic E-state index is -1.77. The highest BCUT2D eigenvalue weighted by Gasteiger charge is 2.17. The molecule has 78 valence electrons. The lowest BCUT2D eigenvalue weighted by atomic mass is 10.1. The predicted molar refractivity (Wildman–Crippen MR) is 43.9 cm³/mol. The first-order valence-corrected chi connectivity index (χ1v) is 4.04. The Bertz CT molecular complexity index is 338. The van der Waals surface area contributed by atoms with Gasteiger partial charge in [-0.3, -0.25) is 0 Å². The third-order valence-electron chi connectivity index (χ3n) is 1.82. The summed E-state index contributed by atoms with van der Waals surface area (Å²) in [4.78, 5) is 0. The average molecular weight is 207 g/mol. The topological polar surface area (TPSA) is 12.0 Å². The molecule has 1 aromatic rings. The highest BCUT2D eigenvalue weighted by molar-refractivity contribution is 5.22. The van der Waals surface area contributed by atoms with Crippen molar-refractivity contribution in [2.75, 3.05) is 13.6 Å². The molecule has 0 amide bonds. The highest BCUT2D eigenvalue weighted by Crippen LogP contribution is 2.18. The molecule has 0 unspecified atom stereocenters. The first-order valence-electron chi connectivity index (χ1n) is 4.04. The van der Waals surface area contributed by atoms with Crippen molar-refractivity contribution in [3.05, 3.63) is 34.9 Å². The number of hydrogen-bond acceptors (Lipinski definition) is 1. The van der Waals surface area contributed by atoms with Gasteiger partial charge in [0.05, 0.1) is 0 Å². The average Bonchev–Trinajstić information content (AvgIpc) is 2.18. The molecule has 0 heterocycles. The molecule has 0 aliphatic carbocycles. The summed E-state index contributed by atoms with van der Waals surface area (Å²) < 4.78 is 50.8. The van der Waals surface area contributed by atoms with Crippen LogP contribution in [0, 0.1) is 23.3 Å².